The second kappa shape index (κ2) is 7.55. The molecule has 5 heteroatoms. The van der Waals surface area contributed by atoms with Crippen LogP contribution in [0.2, 0.25) is 0 Å². The molecular weight excluding hydrogens is 316 g/mol. The SMILES string of the molecule is CCCCC1CCC(C(NC)c2c(Br)nnn2C)CC1. The number of unbranched alkanes of at least 4 members (excludes halogenated alkanes) is 1. The zero-order valence-corrected chi connectivity index (χ0v) is 14.5. The summed E-state index contributed by atoms with van der Waals surface area (Å²) in [5, 5.41) is 11.7. The molecule has 0 aliphatic heterocycles. The van der Waals surface area contributed by atoms with Gasteiger partial charge in [0.25, 0.3) is 0 Å². The highest BCUT2D eigenvalue weighted by atomic mass is 79.9. The Balaban J connectivity index is 1.97. The molecule has 1 aromatic heterocycles. The largest absolute Gasteiger partial charge is 0.311 e. The fraction of sp³-hybridized carbons (Fsp3) is 0.867. The first kappa shape index (κ1) is 16.0. The van der Waals surface area contributed by atoms with E-state index in [0.717, 1.165) is 10.5 Å². The normalized spacial score (nSPS) is 24.8. The van der Waals surface area contributed by atoms with Crippen molar-refractivity contribution in [3.63, 3.8) is 0 Å². The Labute approximate surface area is 130 Å². The number of hydrogen-bond acceptors (Lipinski definition) is 3. The van der Waals surface area contributed by atoms with Gasteiger partial charge in [-0.25, -0.2) is 4.68 Å². The Hall–Kier alpha value is -0.420. The van der Waals surface area contributed by atoms with E-state index >= 15 is 0 Å². The van der Waals surface area contributed by atoms with Crippen LogP contribution >= 0.6 is 15.9 Å². The second-order valence-corrected chi connectivity index (χ2v) is 6.83. The zero-order chi connectivity index (χ0) is 14.5. The first-order valence-corrected chi connectivity index (χ1v) is 8.69. The average molecular weight is 343 g/mol. The van der Waals surface area contributed by atoms with Gasteiger partial charge in [0.15, 0.2) is 4.60 Å². The van der Waals surface area contributed by atoms with Gasteiger partial charge in [0.2, 0.25) is 0 Å². The first-order chi connectivity index (χ1) is 9.67. The molecule has 4 nitrogen and oxygen atoms in total. The Bertz CT molecular complexity index is 391. The lowest BCUT2D eigenvalue weighted by molar-refractivity contribution is 0.213. The average Bonchev–Trinajstić information content (AvgIpc) is 2.79. The van der Waals surface area contributed by atoms with Gasteiger partial charge in [0.1, 0.15) is 0 Å². The van der Waals surface area contributed by atoms with E-state index in [9.17, 15) is 0 Å². The van der Waals surface area contributed by atoms with Crippen LogP contribution < -0.4 is 5.32 Å². The molecule has 0 radical (unpaired) electrons. The van der Waals surface area contributed by atoms with Crippen LogP contribution in [0.3, 0.4) is 0 Å². The van der Waals surface area contributed by atoms with E-state index in [2.05, 4.69) is 38.5 Å². The molecule has 20 heavy (non-hydrogen) atoms. The molecule has 2 rings (SSSR count). The molecule has 1 aromatic rings. The molecule has 1 N–H and O–H groups in total. The van der Waals surface area contributed by atoms with Gasteiger partial charge in [-0.1, -0.05) is 44.2 Å². The molecular formula is C15H27BrN4. The van der Waals surface area contributed by atoms with Crippen molar-refractivity contribution in [3.8, 4) is 0 Å². The maximum atomic E-state index is 4.12. The Morgan fingerprint density at radius 1 is 1.35 bits per heavy atom. The molecule has 1 fully saturated rings. The van der Waals surface area contributed by atoms with Gasteiger partial charge in [-0.3, -0.25) is 0 Å². The molecule has 1 aliphatic carbocycles. The summed E-state index contributed by atoms with van der Waals surface area (Å²) in [6, 6.07) is 0.358. The minimum Gasteiger partial charge on any atom is -0.311 e. The molecule has 1 aliphatic rings. The number of nitrogens with one attached hydrogen (secondary N) is 1. The summed E-state index contributed by atoms with van der Waals surface area (Å²) in [7, 11) is 4.03. The predicted octanol–water partition coefficient (Wildman–Crippen LogP) is 3.83. The Morgan fingerprint density at radius 3 is 2.55 bits per heavy atom. The van der Waals surface area contributed by atoms with Crippen LogP contribution in [0.25, 0.3) is 0 Å². The number of nitrogens with zero attached hydrogens (tertiary/aromatic N) is 3. The van der Waals surface area contributed by atoms with Crippen molar-refractivity contribution >= 4 is 15.9 Å². The predicted molar refractivity (Wildman–Crippen MR) is 85.5 cm³/mol. The van der Waals surface area contributed by atoms with Gasteiger partial charge < -0.3 is 5.32 Å². The standard InChI is InChI=1S/C15H27BrN4/c1-4-5-6-11-7-9-12(10-8-11)13(17-2)14-15(16)18-19-20(14)3/h11-13,17H,4-10H2,1-3H3. The molecule has 1 saturated carbocycles. The van der Waals surface area contributed by atoms with Crippen molar-refractivity contribution < 1.29 is 0 Å². The van der Waals surface area contributed by atoms with Gasteiger partial charge in [0, 0.05) is 7.05 Å². The third-order valence-corrected chi connectivity index (χ3v) is 5.33. The summed E-state index contributed by atoms with van der Waals surface area (Å²) in [6.07, 6.45) is 9.53. The molecule has 114 valence electrons. The second-order valence-electron chi connectivity index (χ2n) is 6.08. The van der Waals surface area contributed by atoms with Gasteiger partial charge in [-0.05, 0) is 47.7 Å². The van der Waals surface area contributed by atoms with E-state index in [1.807, 2.05) is 18.8 Å². The summed E-state index contributed by atoms with van der Waals surface area (Å²) < 4.78 is 2.78. The summed E-state index contributed by atoms with van der Waals surface area (Å²) in [6.45, 7) is 2.29. The zero-order valence-electron chi connectivity index (χ0n) is 12.9. The number of aryl methyl sites for hydroxylation is 1. The maximum Gasteiger partial charge on any atom is 0.153 e. The van der Waals surface area contributed by atoms with Gasteiger partial charge in [-0.2, -0.15) is 0 Å². The van der Waals surface area contributed by atoms with Gasteiger partial charge in [0.05, 0.1) is 11.7 Å². The van der Waals surface area contributed by atoms with Crippen molar-refractivity contribution in [3.05, 3.63) is 10.3 Å². The van der Waals surface area contributed by atoms with E-state index in [4.69, 9.17) is 0 Å². The molecule has 1 unspecified atom stereocenters. The van der Waals surface area contributed by atoms with Crippen LogP contribution in [-0.4, -0.2) is 22.0 Å². The van der Waals surface area contributed by atoms with Crippen LogP contribution in [0.5, 0.6) is 0 Å². The monoisotopic (exact) mass is 342 g/mol. The fourth-order valence-electron chi connectivity index (χ4n) is 3.57. The lowest BCUT2D eigenvalue weighted by Gasteiger charge is -2.33. The highest BCUT2D eigenvalue weighted by Crippen LogP contribution is 2.39. The number of hydrogen-bond donors (Lipinski definition) is 1. The molecule has 1 heterocycles. The number of aromatic nitrogens is 3. The summed E-state index contributed by atoms with van der Waals surface area (Å²) in [5.74, 6) is 1.66. The highest BCUT2D eigenvalue weighted by molar-refractivity contribution is 9.10. The smallest absolute Gasteiger partial charge is 0.153 e. The lowest BCUT2D eigenvalue weighted by atomic mass is 9.76. The molecule has 1 atom stereocenters. The fourth-order valence-corrected chi connectivity index (χ4v) is 4.14. The first-order valence-electron chi connectivity index (χ1n) is 7.89. The number of rotatable bonds is 6. The minimum atomic E-state index is 0.358. The van der Waals surface area contributed by atoms with Crippen molar-refractivity contribution in [2.24, 2.45) is 18.9 Å². The molecule has 0 saturated heterocycles. The van der Waals surface area contributed by atoms with E-state index in [0.29, 0.717) is 12.0 Å². The third-order valence-electron chi connectivity index (χ3n) is 4.76. The third kappa shape index (κ3) is 3.61. The Morgan fingerprint density at radius 2 is 2.05 bits per heavy atom. The van der Waals surface area contributed by atoms with Crippen molar-refractivity contribution in [2.75, 3.05) is 7.05 Å². The van der Waals surface area contributed by atoms with Crippen LogP contribution in [0, 0.1) is 11.8 Å². The summed E-state index contributed by atoms with van der Waals surface area (Å²) in [4.78, 5) is 0. The topological polar surface area (TPSA) is 42.7 Å². The van der Waals surface area contributed by atoms with Crippen LogP contribution in [-0.2, 0) is 7.05 Å². The summed E-state index contributed by atoms with van der Waals surface area (Å²) in [5.41, 5.74) is 1.18. The molecule has 0 amide bonds. The van der Waals surface area contributed by atoms with Gasteiger partial charge >= 0.3 is 0 Å². The van der Waals surface area contributed by atoms with Crippen LogP contribution in [0.15, 0.2) is 4.60 Å². The van der Waals surface area contributed by atoms with Crippen LogP contribution in [0.1, 0.15) is 63.6 Å². The lowest BCUT2D eigenvalue weighted by Crippen LogP contribution is -2.30. The number of halogens is 1. The Kier molecular flexibility index (Phi) is 6.02. The van der Waals surface area contributed by atoms with Crippen LogP contribution in [0.4, 0.5) is 0 Å². The van der Waals surface area contributed by atoms with Gasteiger partial charge in [-0.15, -0.1) is 5.10 Å². The maximum absolute atomic E-state index is 4.12. The van der Waals surface area contributed by atoms with E-state index < -0.39 is 0 Å². The van der Waals surface area contributed by atoms with E-state index in [1.165, 1.54) is 50.6 Å². The van der Waals surface area contributed by atoms with Crippen molar-refractivity contribution in [1.82, 2.24) is 20.3 Å². The quantitative estimate of drug-likeness (QED) is 0.854. The summed E-state index contributed by atoms with van der Waals surface area (Å²) >= 11 is 3.54. The van der Waals surface area contributed by atoms with E-state index in [1.54, 1.807) is 0 Å². The van der Waals surface area contributed by atoms with Crippen molar-refractivity contribution in [2.45, 2.75) is 57.9 Å². The molecule has 0 aromatic carbocycles. The van der Waals surface area contributed by atoms with E-state index in [-0.39, 0.29) is 0 Å². The molecule has 0 bridgehead atoms. The van der Waals surface area contributed by atoms with Crippen molar-refractivity contribution in [1.29, 1.82) is 0 Å². The minimum absolute atomic E-state index is 0.358. The molecule has 0 spiro atoms. The highest BCUT2D eigenvalue weighted by Gasteiger charge is 2.30.